The summed E-state index contributed by atoms with van der Waals surface area (Å²) in [4.78, 5) is 29.6. The average Bonchev–Trinajstić information content (AvgIpc) is 3.25. The highest BCUT2D eigenvalue weighted by Gasteiger charge is 2.31. The summed E-state index contributed by atoms with van der Waals surface area (Å²) < 4.78 is 10.5. The first kappa shape index (κ1) is 16.8. The average molecular weight is 355 g/mol. The lowest BCUT2D eigenvalue weighted by molar-refractivity contribution is -0.122. The number of para-hydroxylation sites is 1. The molecule has 0 unspecified atom stereocenters. The number of cyclic esters (lactones) is 1. The van der Waals surface area contributed by atoms with Crippen molar-refractivity contribution in [3.8, 4) is 0 Å². The van der Waals surface area contributed by atoms with Crippen LogP contribution in [0, 0.1) is 5.92 Å². The van der Waals surface area contributed by atoms with Crippen molar-refractivity contribution in [1.82, 2.24) is 15.2 Å². The van der Waals surface area contributed by atoms with Crippen LogP contribution in [-0.4, -0.2) is 60.8 Å². The number of pyridine rings is 1. The molecule has 0 saturated carbocycles. The molecule has 2 aliphatic rings. The summed E-state index contributed by atoms with van der Waals surface area (Å²) in [6.07, 6.45) is 2.20. The van der Waals surface area contributed by atoms with Crippen LogP contribution in [0.2, 0.25) is 0 Å². The summed E-state index contributed by atoms with van der Waals surface area (Å²) in [7, 11) is 0. The van der Waals surface area contributed by atoms with Gasteiger partial charge in [0.05, 0.1) is 31.3 Å². The largest absolute Gasteiger partial charge is 0.448 e. The zero-order valence-corrected chi connectivity index (χ0v) is 14.4. The standard InChI is InChI=1S/C19H21N3O4/c23-18(10-22-7-8-26-19(22)24)21-17-12-25-11-14(17)9-13-5-6-20-16-4-2-1-3-15(13)16/h1-6,14,17H,7-12H2,(H,21,23)/t14-,17-/m1/s1. The number of hydrogen-bond acceptors (Lipinski definition) is 5. The lowest BCUT2D eigenvalue weighted by atomic mass is 9.93. The van der Waals surface area contributed by atoms with E-state index >= 15 is 0 Å². The van der Waals surface area contributed by atoms with Gasteiger partial charge >= 0.3 is 6.09 Å². The van der Waals surface area contributed by atoms with Crippen molar-refractivity contribution in [1.29, 1.82) is 0 Å². The van der Waals surface area contributed by atoms with Gasteiger partial charge in [-0.3, -0.25) is 14.7 Å². The van der Waals surface area contributed by atoms with Crippen molar-refractivity contribution in [3.63, 3.8) is 0 Å². The quantitative estimate of drug-likeness (QED) is 0.876. The number of fused-ring (bicyclic) bond motifs is 1. The van der Waals surface area contributed by atoms with Gasteiger partial charge in [0.15, 0.2) is 0 Å². The molecule has 2 fully saturated rings. The number of nitrogens with zero attached hydrogens (tertiary/aromatic N) is 2. The minimum Gasteiger partial charge on any atom is -0.448 e. The molecule has 2 atom stereocenters. The third-order valence-corrected chi connectivity index (χ3v) is 4.95. The van der Waals surface area contributed by atoms with E-state index in [1.807, 2.05) is 30.5 Å². The van der Waals surface area contributed by atoms with Crippen LogP contribution in [0.5, 0.6) is 0 Å². The molecule has 1 aromatic carbocycles. The molecule has 2 amide bonds. The number of amides is 2. The number of aromatic nitrogens is 1. The number of benzene rings is 1. The van der Waals surface area contributed by atoms with Crippen LogP contribution in [0.4, 0.5) is 4.79 Å². The second-order valence-electron chi connectivity index (χ2n) is 6.70. The minimum atomic E-state index is -0.428. The molecule has 0 bridgehead atoms. The Bertz CT molecular complexity index is 820. The maximum Gasteiger partial charge on any atom is 0.410 e. The number of hydrogen-bond donors (Lipinski definition) is 1. The van der Waals surface area contributed by atoms with Crippen LogP contribution in [0.1, 0.15) is 5.56 Å². The van der Waals surface area contributed by atoms with E-state index < -0.39 is 6.09 Å². The molecular formula is C19H21N3O4. The van der Waals surface area contributed by atoms with E-state index in [4.69, 9.17) is 9.47 Å². The van der Waals surface area contributed by atoms with Gasteiger partial charge in [-0.1, -0.05) is 18.2 Å². The minimum absolute atomic E-state index is 0.0280. The van der Waals surface area contributed by atoms with Gasteiger partial charge in [0.1, 0.15) is 13.2 Å². The Labute approximate surface area is 151 Å². The first-order valence-electron chi connectivity index (χ1n) is 8.82. The van der Waals surface area contributed by atoms with Gasteiger partial charge in [-0.15, -0.1) is 0 Å². The van der Waals surface area contributed by atoms with Crippen molar-refractivity contribution < 1.29 is 19.1 Å². The predicted octanol–water partition coefficient (Wildman–Crippen LogP) is 1.36. The number of carbonyl (C=O) groups is 2. The fourth-order valence-corrected chi connectivity index (χ4v) is 3.57. The Morgan fingerprint density at radius 3 is 3.00 bits per heavy atom. The van der Waals surface area contributed by atoms with Crippen molar-refractivity contribution >= 4 is 22.9 Å². The van der Waals surface area contributed by atoms with Gasteiger partial charge in [-0.25, -0.2) is 4.79 Å². The summed E-state index contributed by atoms with van der Waals surface area (Å²) in [5.74, 6) is 0.0132. The lowest BCUT2D eigenvalue weighted by Gasteiger charge is -2.21. The summed E-state index contributed by atoms with van der Waals surface area (Å²) >= 11 is 0. The third kappa shape index (κ3) is 3.48. The third-order valence-electron chi connectivity index (χ3n) is 4.95. The van der Waals surface area contributed by atoms with Gasteiger partial charge in [-0.2, -0.15) is 0 Å². The molecule has 7 heteroatoms. The van der Waals surface area contributed by atoms with E-state index in [9.17, 15) is 9.59 Å². The fourth-order valence-electron chi connectivity index (χ4n) is 3.57. The molecule has 2 saturated heterocycles. The van der Waals surface area contributed by atoms with Crippen LogP contribution in [0.3, 0.4) is 0 Å². The summed E-state index contributed by atoms with van der Waals surface area (Å²) in [5.41, 5.74) is 2.17. The molecule has 0 radical (unpaired) electrons. The van der Waals surface area contributed by atoms with Crippen molar-refractivity contribution in [2.75, 3.05) is 32.9 Å². The molecule has 136 valence electrons. The molecule has 0 aliphatic carbocycles. The van der Waals surface area contributed by atoms with Crippen LogP contribution < -0.4 is 5.32 Å². The van der Waals surface area contributed by atoms with Crippen LogP contribution >= 0.6 is 0 Å². The van der Waals surface area contributed by atoms with Gasteiger partial charge < -0.3 is 14.8 Å². The summed E-state index contributed by atoms with van der Waals surface area (Å²) in [6.45, 7) is 1.92. The molecule has 4 rings (SSSR count). The van der Waals surface area contributed by atoms with Crippen LogP contribution in [-0.2, 0) is 20.7 Å². The van der Waals surface area contributed by atoms with Crippen LogP contribution in [0.15, 0.2) is 36.5 Å². The Hall–Kier alpha value is -2.67. The van der Waals surface area contributed by atoms with E-state index in [-0.39, 0.29) is 24.4 Å². The van der Waals surface area contributed by atoms with E-state index in [1.54, 1.807) is 0 Å². The van der Waals surface area contributed by atoms with Gasteiger partial charge in [0, 0.05) is 17.5 Å². The highest BCUT2D eigenvalue weighted by molar-refractivity contribution is 5.83. The number of rotatable bonds is 5. The Morgan fingerprint density at radius 2 is 2.15 bits per heavy atom. The molecule has 1 aromatic heterocycles. The SMILES string of the molecule is O=C(CN1CCOC1=O)N[C@@H]1COC[C@H]1Cc1ccnc2ccccc12. The molecule has 26 heavy (non-hydrogen) atoms. The van der Waals surface area contributed by atoms with Gasteiger partial charge in [-0.05, 0) is 24.1 Å². The normalized spacial score (nSPS) is 22.6. The molecule has 1 N–H and O–H groups in total. The first-order valence-corrected chi connectivity index (χ1v) is 8.82. The smallest absolute Gasteiger partial charge is 0.410 e. The number of nitrogens with one attached hydrogen (secondary N) is 1. The van der Waals surface area contributed by atoms with Gasteiger partial charge in [0.25, 0.3) is 0 Å². The van der Waals surface area contributed by atoms with Gasteiger partial charge in [0.2, 0.25) is 5.91 Å². The Morgan fingerprint density at radius 1 is 1.27 bits per heavy atom. The van der Waals surface area contributed by atoms with Crippen LogP contribution in [0.25, 0.3) is 10.9 Å². The molecule has 2 aliphatic heterocycles. The van der Waals surface area contributed by atoms with E-state index in [1.165, 1.54) is 10.5 Å². The maximum atomic E-state index is 12.3. The first-order chi connectivity index (χ1) is 12.7. The fraction of sp³-hybridized carbons (Fsp3) is 0.421. The maximum absolute atomic E-state index is 12.3. The Balaban J connectivity index is 1.41. The zero-order chi connectivity index (χ0) is 17.9. The molecule has 0 spiro atoms. The van der Waals surface area contributed by atoms with Crippen molar-refractivity contribution in [2.24, 2.45) is 5.92 Å². The van der Waals surface area contributed by atoms with Crippen molar-refractivity contribution in [2.45, 2.75) is 12.5 Å². The second kappa shape index (κ2) is 7.29. The number of carbonyl (C=O) groups excluding carboxylic acids is 2. The molecule has 3 heterocycles. The lowest BCUT2D eigenvalue weighted by Crippen LogP contribution is -2.45. The van der Waals surface area contributed by atoms with E-state index in [0.29, 0.717) is 26.4 Å². The van der Waals surface area contributed by atoms with E-state index in [0.717, 1.165) is 17.3 Å². The monoisotopic (exact) mass is 355 g/mol. The zero-order valence-electron chi connectivity index (χ0n) is 14.4. The topological polar surface area (TPSA) is 80.8 Å². The predicted molar refractivity (Wildman–Crippen MR) is 94.6 cm³/mol. The summed E-state index contributed by atoms with van der Waals surface area (Å²) in [5, 5.41) is 4.15. The molecule has 2 aromatic rings. The highest BCUT2D eigenvalue weighted by atomic mass is 16.6. The molecule has 7 nitrogen and oxygen atoms in total. The number of ether oxygens (including phenoxy) is 2. The molecular weight excluding hydrogens is 334 g/mol. The highest BCUT2D eigenvalue weighted by Crippen LogP contribution is 2.24. The van der Waals surface area contributed by atoms with Crippen molar-refractivity contribution in [3.05, 3.63) is 42.1 Å². The van der Waals surface area contributed by atoms with E-state index in [2.05, 4.69) is 16.4 Å². The second-order valence-corrected chi connectivity index (χ2v) is 6.70. The Kier molecular flexibility index (Phi) is 4.71. The summed E-state index contributed by atoms with van der Waals surface area (Å²) in [6, 6.07) is 10.0.